The fourth-order valence-corrected chi connectivity index (χ4v) is 1.94. The van der Waals surface area contributed by atoms with Crippen LogP contribution in [-0.4, -0.2) is 24.7 Å². The van der Waals surface area contributed by atoms with Crippen molar-refractivity contribution in [3.05, 3.63) is 45.8 Å². The molecule has 0 aliphatic heterocycles. The highest BCUT2D eigenvalue weighted by Gasteiger charge is 2.11. The number of pyridine rings is 1. The molecule has 0 aliphatic carbocycles. The normalized spacial score (nSPS) is 11.0. The number of benzene rings is 1. The molecule has 0 fully saturated rings. The lowest BCUT2D eigenvalue weighted by molar-refractivity contribution is -0.137. The van der Waals surface area contributed by atoms with Crippen LogP contribution in [0.5, 0.6) is 5.75 Å². The van der Waals surface area contributed by atoms with Crippen molar-refractivity contribution in [1.82, 2.24) is 4.98 Å². The third kappa shape index (κ3) is 3.15. The molecule has 2 rings (SSSR count). The van der Waals surface area contributed by atoms with Crippen molar-refractivity contribution >= 4 is 22.9 Å². The Morgan fingerprint density at radius 1 is 1.41 bits per heavy atom. The van der Waals surface area contributed by atoms with E-state index in [4.69, 9.17) is 14.7 Å². The van der Waals surface area contributed by atoms with Gasteiger partial charge in [0.1, 0.15) is 17.4 Å². The summed E-state index contributed by atoms with van der Waals surface area (Å²) in [6.07, 6.45) is 1.22. The second-order valence-corrected chi connectivity index (χ2v) is 4.40. The number of carbonyl (C=O) groups excluding carboxylic acids is 1. The highest BCUT2D eigenvalue weighted by molar-refractivity contribution is 5.98. The highest BCUT2D eigenvalue weighted by Crippen LogP contribution is 2.19. The summed E-state index contributed by atoms with van der Waals surface area (Å²) in [5, 5.41) is 9.75. The van der Waals surface area contributed by atoms with E-state index < -0.39 is 11.5 Å². The molecule has 1 heterocycles. The zero-order valence-corrected chi connectivity index (χ0v) is 12.2. The number of hydrogen-bond acceptors (Lipinski definition) is 5. The van der Waals surface area contributed by atoms with Crippen molar-refractivity contribution in [2.45, 2.75) is 6.92 Å². The van der Waals surface area contributed by atoms with Gasteiger partial charge in [0.2, 0.25) is 0 Å². The van der Waals surface area contributed by atoms with Gasteiger partial charge >= 0.3 is 5.97 Å². The van der Waals surface area contributed by atoms with E-state index >= 15 is 0 Å². The van der Waals surface area contributed by atoms with Gasteiger partial charge in [0.05, 0.1) is 13.7 Å². The molecule has 6 heteroatoms. The minimum absolute atomic E-state index is 0.156. The second kappa shape index (κ2) is 6.59. The summed E-state index contributed by atoms with van der Waals surface area (Å²) in [4.78, 5) is 26.3. The number of rotatable bonds is 4. The predicted molar refractivity (Wildman–Crippen MR) is 81.3 cm³/mol. The van der Waals surface area contributed by atoms with Crippen LogP contribution in [0.25, 0.3) is 17.0 Å². The molecule has 0 bridgehead atoms. The van der Waals surface area contributed by atoms with Gasteiger partial charge in [0.25, 0.3) is 5.56 Å². The first-order chi connectivity index (χ1) is 10.6. The van der Waals surface area contributed by atoms with Gasteiger partial charge in [-0.2, -0.15) is 5.26 Å². The van der Waals surface area contributed by atoms with Gasteiger partial charge in [-0.15, -0.1) is 0 Å². The molecule has 2 aromatic rings. The highest BCUT2D eigenvalue weighted by atomic mass is 16.5. The Balaban J connectivity index is 2.55. The maximum absolute atomic E-state index is 12.0. The number of H-pyrrole nitrogens is 1. The van der Waals surface area contributed by atoms with Crippen LogP contribution in [0, 0.1) is 11.3 Å². The number of methoxy groups -OCH3 is 1. The van der Waals surface area contributed by atoms with E-state index in [1.54, 1.807) is 44.4 Å². The molecule has 0 saturated carbocycles. The monoisotopic (exact) mass is 298 g/mol. The SMILES string of the molecule is CCOC(=O)C(C#N)=Cc1cc2cc(OC)ccc2[nH]c1=O. The van der Waals surface area contributed by atoms with E-state index in [1.165, 1.54) is 6.08 Å². The standard InChI is InChI=1S/C16H14N2O4/c1-3-22-16(20)12(9-17)7-11-6-10-8-13(21-2)4-5-14(10)18-15(11)19/h4-8H,3H2,1-2H3,(H,18,19). The lowest BCUT2D eigenvalue weighted by Gasteiger charge is -2.04. The third-order valence-corrected chi connectivity index (χ3v) is 3.00. The Hall–Kier alpha value is -3.07. The number of aromatic nitrogens is 1. The lowest BCUT2D eigenvalue weighted by Crippen LogP contribution is -2.11. The summed E-state index contributed by atoms with van der Waals surface area (Å²) in [6.45, 7) is 1.80. The molecular formula is C16H14N2O4. The summed E-state index contributed by atoms with van der Waals surface area (Å²) >= 11 is 0. The molecule has 0 atom stereocenters. The van der Waals surface area contributed by atoms with Crippen molar-refractivity contribution in [3.63, 3.8) is 0 Å². The fraction of sp³-hybridized carbons (Fsp3) is 0.188. The Labute approximate surface area is 126 Å². The van der Waals surface area contributed by atoms with E-state index in [9.17, 15) is 9.59 Å². The van der Waals surface area contributed by atoms with Crippen molar-refractivity contribution in [2.24, 2.45) is 0 Å². The molecule has 1 N–H and O–H groups in total. The van der Waals surface area contributed by atoms with Crippen LogP contribution in [0.3, 0.4) is 0 Å². The number of nitrogens with one attached hydrogen (secondary N) is 1. The first-order valence-corrected chi connectivity index (χ1v) is 6.59. The fourth-order valence-electron chi connectivity index (χ4n) is 1.94. The summed E-state index contributed by atoms with van der Waals surface area (Å²) in [5.41, 5.74) is 0.215. The van der Waals surface area contributed by atoms with Gasteiger partial charge in [0, 0.05) is 16.5 Å². The largest absolute Gasteiger partial charge is 0.497 e. The molecule has 1 aromatic heterocycles. The van der Waals surface area contributed by atoms with Gasteiger partial charge in [-0.3, -0.25) is 4.79 Å². The van der Waals surface area contributed by atoms with E-state index in [1.807, 2.05) is 0 Å². The molecule has 0 unspecified atom stereocenters. The van der Waals surface area contributed by atoms with Gasteiger partial charge in [0.15, 0.2) is 0 Å². The van der Waals surface area contributed by atoms with Crippen LogP contribution >= 0.6 is 0 Å². The van der Waals surface area contributed by atoms with Crippen LogP contribution in [-0.2, 0) is 9.53 Å². The van der Waals surface area contributed by atoms with Crippen LogP contribution in [0.4, 0.5) is 0 Å². The number of aromatic amines is 1. The summed E-state index contributed by atoms with van der Waals surface area (Å²) in [5.74, 6) is -0.115. The van der Waals surface area contributed by atoms with Crippen molar-refractivity contribution < 1.29 is 14.3 Å². The summed E-state index contributed by atoms with van der Waals surface area (Å²) in [7, 11) is 1.54. The molecule has 0 amide bonds. The average Bonchev–Trinajstić information content (AvgIpc) is 2.52. The summed E-state index contributed by atoms with van der Waals surface area (Å²) in [6, 6.07) is 8.53. The zero-order chi connectivity index (χ0) is 16.1. The molecule has 112 valence electrons. The Morgan fingerprint density at radius 2 is 2.18 bits per heavy atom. The first-order valence-electron chi connectivity index (χ1n) is 6.59. The lowest BCUT2D eigenvalue weighted by atomic mass is 10.1. The molecule has 22 heavy (non-hydrogen) atoms. The molecule has 0 spiro atoms. The number of hydrogen-bond donors (Lipinski definition) is 1. The maximum Gasteiger partial charge on any atom is 0.348 e. The minimum Gasteiger partial charge on any atom is -0.497 e. The number of fused-ring (bicyclic) bond motifs is 1. The number of esters is 1. The Morgan fingerprint density at radius 3 is 2.82 bits per heavy atom. The smallest absolute Gasteiger partial charge is 0.348 e. The maximum atomic E-state index is 12.0. The predicted octanol–water partition coefficient (Wildman–Crippen LogP) is 2.01. The topological polar surface area (TPSA) is 92.2 Å². The number of carbonyl (C=O) groups is 1. The first kappa shape index (κ1) is 15.3. The van der Waals surface area contributed by atoms with E-state index in [-0.39, 0.29) is 17.7 Å². The van der Waals surface area contributed by atoms with Crippen molar-refractivity contribution in [2.75, 3.05) is 13.7 Å². The Bertz CT molecular complexity index is 843. The Kier molecular flexibility index (Phi) is 4.59. The number of ether oxygens (including phenoxy) is 2. The molecule has 1 aromatic carbocycles. The molecule has 0 saturated heterocycles. The minimum atomic E-state index is -0.755. The van der Waals surface area contributed by atoms with Gasteiger partial charge in [-0.05, 0) is 37.3 Å². The van der Waals surface area contributed by atoms with E-state index in [2.05, 4.69) is 4.98 Å². The number of nitriles is 1. The van der Waals surface area contributed by atoms with Crippen LogP contribution in [0.2, 0.25) is 0 Å². The summed E-state index contributed by atoms with van der Waals surface area (Å²) < 4.78 is 9.90. The molecular weight excluding hydrogens is 284 g/mol. The van der Waals surface area contributed by atoms with Crippen molar-refractivity contribution in [1.29, 1.82) is 5.26 Å². The van der Waals surface area contributed by atoms with Crippen LogP contribution in [0.15, 0.2) is 34.6 Å². The third-order valence-electron chi connectivity index (χ3n) is 3.00. The molecule has 0 aliphatic rings. The number of nitrogens with zero attached hydrogens (tertiary/aromatic N) is 1. The van der Waals surface area contributed by atoms with Gasteiger partial charge in [-0.1, -0.05) is 0 Å². The van der Waals surface area contributed by atoms with Gasteiger partial charge < -0.3 is 14.5 Å². The second-order valence-electron chi connectivity index (χ2n) is 4.40. The van der Waals surface area contributed by atoms with Gasteiger partial charge in [-0.25, -0.2) is 4.79 Å². The van der Waals surface area contributed by atoms with E-state index in [0.29, 0.717) is 11.3 Å². The van der Waals surface area contributed by atoms with E-state index in [0.717, 1.165) is 5.39 Å². The molecule has 0 radical (unpaired) electrons. The van der Waals surface area contributed by atoms with Crippen LogP contribution < -0.4 is 10.3 Å². The molecule has 6 nitrogen and oxygen atoms in total. The average molecular weight is 298 g/mol. The van der Waals surface area contributed by atoms with Crippen molar-refractivity contribution in [3.8, 4) is 11.8 Å². The quantitative estimate of drug-likeness (QED) is 0.529. The zero-order valence-electron chi connectivity index (χ0n) is 12.2. The van der Waals surface area contributed by atoms with Crippen LogP contribution in [0.1, 0.15) is 12.5 Å².